The van der Waals surface area contributed by atoms with Crippen LogP contribution < -0.4 is 4.90 Å². The van der Waals surface area contributed by atoms with Crippen molar-refractivity contribution in [3.8, 4) is 44.5 Å². The molecule has 1 unspecified atom stereocenters. The first-order valence-electron chi connectivity index (χ1n) is 21.4. The SMILES string of the molecule is CC1(c2ccccc2)c2ccccc2-c2c(-c3ccccc3N(c3ccccc3-c3cccc4cccc(-c5ccccc5)c34)c3cccc4oc5ccccc5c34)cccc21. The quantitative estimate of drug-likeness (QED) is 0.160. The van der Waals surface area contributed by atoms with Gasteiger partial charge in [-0.25, -0.2) is 0 Å². The Morgan fingerprint density at radius 1 is 0.355 bits per heavy atom. The molecule has 2 heteroatoms. The maximum Gasteiger partial charge on any atom is 0.137 e. The Morgan fingerprint density at radius 3 is 1.65 bits per heavy atom. The fourth-order valence-electron chi connectivity index (χ4n) is 10.4. The van der Waals surface area contributed by atoms with E-state index in [1.807, 2.05) is 0 Å². The molecule has 62 heavy (non-hydrogen) atoms. The van der Waals surface area contributed by atoms with Gasteiger partial charge < -0.3 is 9.32 Å². The largest absolute Gasteiger partial charge is 0.456 e. The molecule has 10 aromatic carbocycles. The molecule has 11 aromatic rings. The van der Waals surface area contributed by atoms with E-state index in [9.17, 15) is 0 Å². The maximum absolute atomic E-state index is 6.60. The number of hydrogen-bond donors (Lipinski definition) is 0. The average Bonchev–Trinajstić information content (AvgIpc) is 3.86. The molecule has 1 heterocycles. The van der Waals surface area contributed by atoms with Crippen LogP contribution in [0.4, 0.5) is 17.1 Å². The van der Waals surface area contributed by atoms with E-state index in [-0.39, 0.29) is 5.41 Å². The van der Waals surface area contributed by atoms with Crippen LogP contribution in [0, 0.1) is 0 Å². The number of anilines is 3. The lowest BCUT2D eigenvalue weighted by molar-refractivity contribution is 0.669. The van der Waals surface area contributed by atoms with Crippen molar-refractivity contribution in [3.63, 3.8) is 0 Å². The highest BCUT2D eigenvalue weighted by molar-refractivity contribution is 6.16. The topological polar surface area (TPSA) is 16.4 Å². The summed E-state index contributed by atoms with van der Waals surface area (Å²) in [5.41, 5.74) is 18.2. The second kappa shape index (κ2) is 14.4. The zero-order valence-corrected chi connectivity index (χ0v) is 34.3. The fraction of sp³-hybridized carbons (Fsp3) is 0.0333. The molecule has 2 nitrogen and oxygen atoms in total. The van der Waals surface area contributed by atoms with E-state index < -0.39 is 0 Å². The number of nitrogens with zero attached hydrogens (tertiary/aromatic N) is 1. The molecule has 12 rings (SSSR count). The van der Waals surface area contributed by atoms with Gasteiger partial charge in [0.1, 0.15) is 11.2 Å². The molecule has 0 saturated heterocycles. The molecule has 0 spiro atoms. The number of benzene rings is 10. The van der Waals surface area contributed by atoms with Crippen LogP contribution in [0.25, 0.3) is 77.2 Å². The predicted octanol–water partition coefficient (Wildman–Crippen LogP) is 16.5. The van der Waals surface area contributed by atoms with Gasteiger partial charge in [0.15, 0.2) is 0 Å². The third-order valence-corrected chi connectivity index (χ3v) is 13.2. The van der Waals surface area contributed by atoms with Crippen molar-refractivity contribution >= 4 is 49.8 Å². The van der Waals surface area contributed by atoms with Gasteiger partial charge in [0.25, 0.3) is 0 Å². The van der Waals surface area contributed by atoms with Crippen LogP contribution >= 0.6 is 0 Å². The Hall–Kier alpha value is -7.94. The zero-order chi connectivity index (χ0) is 41.2. The summed E-state index contributed by atoms with van der Waals surface area (Å²) in [6.07, 6.45) is 0. The molecule has 292 valence electrons. The summed E-state index contributed by atoms with van der Waals surface area (Å²) in [4.78, 5) is 2.50. The number of rotatable bonds is 7. The number of fused-ring (bicyclic) bond motifs is 7. The molecule has 0 fully saturated rings. The van der Waals surface area contributed by atoms with Crippen molar-refractivity contribution in [1.29, 1.82) is 0 Å². The first-order valence-corrected chi connectivity index (χ1v) is 21.4. The molecule has 0 radical (unpaired) electrons. The summed E-state index contributed by atoms with van der Waals surface area (Å²) in [5, 5.41) is 4.60. The van der Waals surface area contributed by atoms with Crippen LogP contribution in [0.5, 0.6) is 0 Å². The van der Waals surface area contributed by atoms with Gasteiger partial charge in [0.2, 0.25) is 0 Å². The normalized spacial score (nSPS) is 14.3. The van der Waals surface area contributed by atoms with Crippen molar-refractivity contribution in [2.24, 2.45) is 0 Å². The van der Waals surface area contributed by atoms with Crippen LogP contribution in [0.3, 0.4) is 0 Å². The van der Waals surface area contributed by atoms with Crippen LogP contribution in [0.1, 0.15) is 23.6 Å². The highest BCUT2D eigenvalue weighted by Crippen LogP contribution is 2.57. The summed E-state index contributed by atoms with van der Waals surface area (Å²) in [6, 6.07) is 83.8. The molecule has 0 aliphatic heterocycles. The van der Waals surface area contributed by atoms with Crippen molar-refractivity contribution in [2.75, 3.05) is 4.90 Å². The van der Waals surface area contributed by atoms with E-state index >= 15 is 0 Å². The number of furan rings is 1. The highest BCUT2D eigenvalue weighted by atomic mass is 16.3. The van der Waals surface area contributed by atoms with Gasteiger partial charge in [-0.3, -0.25) is 0 Å². The lowest BCUT2D eigenvalue weighted by Crippen LogP contribution is -2.22. The van der Waals surface area contributed by atoms with E-state index in [2.05, 4.69) is 242 Å². The third kappa shape index (κ3) is 5.43. The molecule has 0 bridgehead atoms. The van der Waals surface area contributed by atoms with Gasteiger partial charge in [-0.05, 0) is 98.1 Å². The average molecular weight is 792 g/mol. The summed E-state index contributed by atoms with van der Waals surface area (Å²) >= 11 is 0. The van der Waals surface area contributed by atoms with E-state index in [0.29, 0.717) is 0 Å². The predicted molar refractivity (Wildman–Crippen MR) is 260 cm³/mol. The van der Waals surface area contributed by atoms with Crippen LogP contribution in [-0.4, -0.2) is 0 Å². The summed E-state index contributed by atoms with van der Waals surface area (Å²) in [7, 11) is 0. The molecule has 1 atom stereocenters. The lowest BCUT2D eigenvalue weighted by Gasteiger charge is -2.31. The number of para-hydroxylation sites is 3. The van der Waals surface area contributed by atoms with Gasteiger partial charge >= 0.3 is 0 Å². The first-order chi connectivity index (χ1) is 30.7. The minimum Gasteiger partial charge on any atom is -0.456 e. The summed E-state index contributed by atoms with van der Waals surface area (Å²) < 4.78 is 6.60. The van der Waals surface area contributed by atoms with Gasteiger partial charge in [-0.2, -0.15) is 0 Å². The van der Waals surface area contributed by atoms with E-state index in [4.69, 9.17) is 4.42 Å². The minimum absolute atomic E-state index is 0.323. The van der Waals surface area contributed by atoms with Gasteiger partial charge in [-0.15, -0.1) is 0 Å². The second-order valence-corrected chi connectivity index (χ2v) is 16.5. The van der Waals surface area contributed by atoms with E-state index in [0.717, 1.165) is 50.1 Å². The highest BCUT2D eigenvalue weighted by Gasteiger charge is 2.42. The Morgan fingerprint density at radius 2 is 0.871 bits per heavy atom. The molecule has 0 saturated carbocycles. The Balaban J connectivity index is 1.16. The Labute approximate surface area is 361 Å². The Bertz CT molecular complexity index is 3490. The van der Waals surface area contributed by atoms with Crippen molar-refractivity contribution in [2.45, 2.75) is 12.3 Å². The van der Waals surface area contributed by atoms with Crippen LogP contribution in [-0.2, 0) is 5.41 Å². The van der Waals surface area contributed by atoms with Crippen LogP contribution in [0.2, 0.25) is 0 Å². The van der Waals surface area contributed by atoms with Crippen LogP contribution in [0.15, 0.2) is 235 Å². The van der Waals surface area contributed by atoms with Gasteiger partial charge in [0, 0.05) is 21.9 Å². The molecule has 0 N–H and O–H groups in total. The van der Waals surface area contributed by atoms with Gasteiger partial charge in [-0.1, -0.05) is 200 Å². The minimum atomic E-state index is -0.323. The monoisotopic (exact) mass is 791 g/mol. The fourth-order valence-corrected chi connectivity index (χ4v) is 10.4. The zero-order valence-electron chi connectivity index (χ0n) is 34.3. The van der Waals surface area contributed by atoms with Crippen molar-refractivity contribution in [3.05, 3.63) is 247 Å². The summed E-state index contributed by atoms with van der Waals surface area (Å²) in [5.74, 6) is 0. The molecule has 1 aromatic heterocycles. The lowest BCUT2D eigenvalue weighted by atomic mass is 9.74. The van der Waals surface area contributed by atoms with Crippen molar-refractivity contribution in [1.82, 2.24) is 0 Å². The first kappa shape index (κ1) is 36.0. The second-order valence-electron chi connectivity index (χ2n) is 16.5. The number of hydrogen-bond acceptors (Lipinski definition) is 2. The van der Waals surface area contributed by atoms with Crippen molar-refractivity contribution < 1.29 is 4.42 Å². The molecule has 0 amide bonds. The van der Waals surface area contributed by atoms with E-state index in [1.54, 1.807) is 0 Å². The third-order valence-electron chi connectivity index (χ3n) is 13.2. The molecule has 1 aliphatic rings. The van der Waals surface area contributed by atoms with E-state index in [1.165, 1.54) is 60.8 Å². The molecular formula is C60H41NO. The molecule has 1 aliphatic carbocycles. The standard InChI is InChI=1S/C60H41NO/c1-60(42-24-6-3-7-25-42)50-33-12-8-28-48(50)58-47(32-18-34-51(58)60)45-27-10-14-36-53(45)61(54-37-19-39-56-59(54)49-29-11-15-38-55(49)62-56)52-35-13-9-26-44(52)46-31-17-23-41-22-16-30-43(57(41)46)40-20-4-2-5-21-40/h2-39H,1H3. The summed E-state index contributed by atoms with van der Waals surface area (Å²) in [6.45, 7) is 2.39. The van der Waals surface area contributed by atoms with Gasteiger partial charge in [0.05, 0.1) is 22.4 Å². The smallest absolute Gasteiger partial charge is 0.137 e. The molecular weight excluding hydrogens is 751 g/mol. The Kier molecular flexibility index (Phi) is 8.33. The maximum atomic E-state index is 6.60.